The summed E-state index contributed by atoms with van der Waals surface area (Å²) in [5, 5.41) is 8.65. The van der Waals surface area contributed by atoms with Gasteiger partial charge in [0.25, 0.3) is 0 Å². The number of sulfonamides is 1. The number of nitriles is 1. The predicted molar refractivity (Wildman–Crippen MR) is 66.7 cm³/mol. The molecular weight excluding hydrogens is 236 g/mol. The van der Waals surface area contributed by atoms with Gasteiger partial charge in [-0.25, -0.2) is 12.7 Å². The highest BCUT2D eigenvalue weighted by Crippen LogP contribution is 2.09. The van der Waals surface area contributed by atoms with Crippen LogP contribution in [-0.2, 0) is 16.6 Å². The van der Waals surface area contributed by atoms with Crippen molar-refractivity contribution >= 4 is 10.0 Å². The summed E-state index contributed by atoms with van der Waals surface area (Å²) in [6, 6.07) is 8.96. The molecule has 0 heterocycles. The van der Waals surface area contributed by atoms with Crippen LogP contribution in [0.2, 0.25) is 0 Å². The van der Waals surface area contributed by atoms with Gasteiger partial charge < -0.3 is 0 Å². The van der Waals surface area contributed by atoms with Crippen LogP contribution in [0.25, 0.3) is 0 Å². The number of nitrogens with zero attached hydrogens (tertiary/aromatic N) is 2. The highest BCUT2D eigenvalue weighted by Gasteiger charge is 2.16. The lowest BCUT2D eigenvalue weighted by Gasteiger charge is -2.16. The average molecular weight is 252 g/mol. The van der Waals surface area contributed by atoms with Crippen molar-refractivity contribution in [2.45, 2.75) is 19.9 Å². The van der Waals surface area contributed by atoms with Crippen LogP contribution in [0.15, 0.2) is 24.3 Å². The summed E-state index contributed by atoms with van der Waals surface area (Å²) in [7, 11) is -1.58. The molecule has 0 fully saturated rings. The molecule has 0 amide bonds. The number of rotatable bonds is 5. The fourth-order valence-corrected chi connectivity index (χ4v) is 2.63. The van der Waals surface area contributed by atoms with Crippen LogP contribution in [0, 0.1) is 11.3 Å². The van der Waals surface area contributed by atoms with Crippen molar-refractivity contribution in [3.05, 3.63) is 35.4 Å². The van der Waals surface area contributed by atoms with E-state index in [2.05, 4.69) is 0 Å². The van der Waals surface area contributed by atoms with Gasteiger partial charge in [-0.1, -0.05) is 19.1 Å². The maximum absolute atomic E-state index is 11.7. The summed E-state index contributed by atoms with van der Waals surface area (Å²) < 4.78 is 24.8. The predicted octanol–water partition coefficient (Wildman–Crippen LogP) is 1.73. The van der Waals surface area contributed by atoms with Crippen molar-refractivity contribution in [2.75, 3.05) is 12.8 Å². The van der Waals surface area contributed by atoms with E-state index in [9.17, 15) is 8.42 Å². The van der Waals surface area contributed by atoms with Gasteiger partial charge in [0.2, 0.25) is 10.0 Å². The van der Waals surface area contributed by atoms with Gasteiger partial charge in [0.15, 0.2) is 0 Å². The zero-order valence-electron chi connectivity index (χ0n) is 10.0. The minimum absolute atomic E-state index is 0.166. The Bertz CT molecular complexity index is 500. The molecule has 0 spiro atoms. The minimum Gasteiger partial charge on any atom is -0.212 e. The van der Waals surface area contributed by atoms with Crippen LogP contribution in [0.4, 0.5) is 0 Å². The minimum atomic E-state index is -3.16. The summed E-state index contributed by atoms with van der Waals surface area (Å²) >= 11 is 0. The van der Waals surface area contributed by atoms with Crippen LogP contribution >= 0.6 is 0 Å². The Morgan fingerprint density at radius 1 is 1.29 bits per heavy atom. The summed E-state index contributed by atoms with van der Waals surface area (Å²) in [4.78, 5) is 0. The maximum atomic E-state index is 11.7. The van der Waals surface area contributed by atoms with Gasteiger partial charge in [-0.15, -0.1) is 0 Å². The molecule has 0 saturated carbocycles. The van der Waals surface area contributed by atoms with Gasteiger partial charge >= 0.3 is 0 Å². The second-order valence-corrected chi connectivity index (χ2v) is 6.08. The molecule has 5 heteroatoms. The van der Waals surface area contributed by atoms with Gasteiger partial charge in [0.05, 0.1) is 17.4 Å². The number of benzene rings is 1. The molecule has 0 radical (unpaired) electrons. The quantitative estimate of drug-likeness (QED) is 0.801. The van der Waals surface area contributed by atoms with Gasteiger partial charge in [-0.3, -0.25) is 0 Å². The molecule has 0 aliphatic rings. The van der Waals surface area contributed by atoms with Gasteiger partial charge in [0, 0.05) is 13.6 Å². The first-order valence-electron chi connectivity index (χ1n) is 5.42. The van der Waals surface area contributed by atoms with Crippen molar-refractivity contribution in [3.63, 3.8) is 0 Å². The first-order valence-corrected chi connectivity index (χ1v) is 7.03. The molecule has 0 aliphatic heterocycles. The lowest BCUT2D eigenvalue weighted by atomic mass is 10.1. The zero-order valence-corrected chi connectivity index (χ0v) is 10.9. The van der Waals surface area contributed by atoms with Crippen molar-refractivity contribution < 1.29 is 8.42 Å². The third kappa shape index (κ3) is 3.84. The number of hydrogen-bond acceptors (Lipinski definition) is 3. The Morgan fingerprint density at radius 3 is 2.35 bits per heavy atom. The zero-order chi connectivity index (χ0) is 12.9. The molecule has 17 heavy (non-hydrogen) atoms. The van der Waals surface area contributed by atoms with Crippen LogP contribution in [0.5, 0.6) is 0 Å². The standard InChI is InChI=1S/C12H16N2O2S/c1-3-8-17(15,16)14(2)10-12-6-4-11(9-13)5-7-12/h4-7H,3,8,10H2,1-2H3. The van der Waals surface area contributed by atoms with Crippen molar-refractivity contribution in [1.82, 2.24) is 4.31 Å². The molecule has 1 aromatic carbocycles. The van der Waals surface area contributed by atoms with Crippen LogP contribution in [-0.4, -0.2) is 25.5 Å². The summed E-state index contributed by atoms with van der Waals surface area (Å²) in [5.74, 6) is 0.166. The molecule has 92 valence electrons. The van der Waals surface area contributed by atoms with E-state index < -0.39 is 10.0 Å². The largest absolute Gasteiger partial charge is 0.214 e. The van der Waals surface area contributed by atoms with Crippen LogP contribution in [0.1, 0.15) is 24.5 Å². The smallest absolute Gasteiger partial charge is 0.212 e. The fraction of sp³-hybridized carbons (Fsp3) is 0.417. The third-order valence-corrected chi connectivity index (χ3v) is 4.43. The SMILES string of the molecule is CCCS(=O)(=O)N(C)Cc1ccc(C#N)cc1. The summed E-state index contributed by atoms with van der Waals surface area (Å²) in [6.07, 6.45) is 0.611. The molecule has 1 rings (SSSR count). The molecule has 1 aromatic rings. The Morgan fingerprint density at radius 2 is 1.88 bits per heavy atom. The molecule has 0 aromatic heterocycles. The molecule has 0 atom stereocenters. The molecule has 0 N–H and O–H groups in total. The van der Waals surface area contributed by atoms with E-state index in [0.29, 0.717) is 18.5 Å². The lowest BCUT2D eigenvalue weighted by Crippen LogP contribution is -2.28. The van der Waals surface area contributed by atoms with Crippen molar-refractivity contribution in [1.29, 1.82) is 5.26 Å². The van der Waals surface area contributed by atoms with Gasteiger partial charge in [-0.05, 0) is 24.1 Å². The first-order chi connectivity index (χ1) is 7.99. The Balaban J connectivity index is 2.75. The van der Waals surface area contributed by atoms with E-state index in [4.69, 9.17) is 5.26 Å². The van der Waals surface area contributed by atoms with E-state index in [1.54, 1.807) is 31.3 Å². The first kappa shape index (κ1) is 13.7. The maximum Gasteiger partial charge on any atom is 0.214 e. The molecule has 0 unspecified atom stereocenters. The third-order valence-electron chi connectivity index (χ3n) is 2.43. The van der Waals surface area contributed by atoms with Gasteiger partial charge in [-0.2, -0.15) is 5.26 Å². The van der Waals surface area contributed by atoms with E-state index in [1.165, 1.54) is 4.31 Å². The van der Waals surface area contributed by atoms with Crippen molar-refractivity contribution in [2.24, 2.45) is 0 Å². The van der Waals surface area contributed by atoms with Crippen LogP contribution in [0.3, 0.4) is 0 Å². The summed E-state index contributed by atoms with van der Waals surface area (Å²) in [5.41, 5.74) is 1.46. The molecule has 0 aliphatic carbocycles. The summed E-state index contributed by atoms with van der Waals surface area (Å²) in [6.45, 7) is 2.18. The second kappa shape index (κ2) is 5.80. The Kier molecular flexibility index (Phi) is 4.67. The van der Waals surface area contributed by atoms with E-state index in [1.807, 2.05) is 13.0 Å². The second-order valence-electron chi connectivity index (χ2n) is 3.88. The molecule has 0 bridgehead atoms. The highest BCUT2D eigenvalue weighted by molar-refractivity contribution is 7.89. The Labute approximate surface area is 103 Å². The molecule has 4 nitrogen and oxygen atoms in total. The Hall–Kier alpha value is -1.38. The van der Waals surface area contributed by atoms with E-state index in [0.717, 1.165) is 5.56 Å². The normalized spacial score (nSPS) is 11.4. The average Bonchev–Trinajstić information content (AvgIpc) is 2.30. The van der Waals surface area contributed by atoms with Gasteiger partial charge in [0.1, 0.15) is 0 Å². The lowest BCUT2D eigenvalue weighted by molar-refractivity contribution is 0.466. The monoisotopic (exact) mass is 252 g/mol. The molecular formula is C12H16N2O2S. The fourth-order valence-electron chi connectivity index (χ4n) is 1.45. The topological polar surface area (TPSA) is 61.2 Å². The highest BCUT2D eigenvalue weighted by atomic mass is 32.2. The van der Waals surface area contributed by atoms with Crippen molar-refractivity contribution in [3.8, 4) is 6.07 Å². The number of hydrogen-bond donors (Lipinski definition) is 0. The molecule has 0 saturated heterocycles. The van der Waals surface area contributed by atoms with E-state index in [-0.39, 0.29) is 5.75 Å². The van der Waals surface area contributed by atoms with Crippen LogP contribution < -0.4 is 0 Å². The van der Waals surface area contributed by atoms with E-state index >= 15 is 0 Å².